The molecule has 0 heterocycles. The van der Waals surface area contributed by atoms with Gasteiger partial charge in [0.15, 0.2) is 0 Å². The Hall–Kier alpha value is -0.0400. The zero-order valence-electron chi connectivity index (χ0n) is 9.85. The lowest BCUT2D eigenvalue weighted by Gasteiger charge is -2.42. The van der Waals surface area contributed by atoms with Gasteiger partial charge in [0.05, 0.1) is 0 Å². The van der Waals surface area contributed by atoms with E-state index in [4.69, 9.17) is 0 Å². The number of hydrogen-bond donors (Lipinski definition) is 1. The zero-order valence-corrected chi connectivity index (χ0v) is 9.85. The summed E-state index contributed by atoms with van der Waals surface area (Å²) in [6.45, 7) is 9.50. The first-order valence-corrected chi connectivity index (χ1v) is 5.62. The maximum absolute atomic E-state index is 3.49. The Morgan fingerprint density at radius 2 is 1.77 bits per heavy atom. The predicted molar refractivity (Wildman–Crippen MR) is 58.8 cm³/mol. The molecule has 0 aliphatic heterocycles. The van der Waals surface area contributed by atoms with Crippen LogP contribution in [0, 0.1) is 17.3 Å². The van der Waals surface area contributed by atoms with Gasteiger partial charge in [-0.15, -0.1) is 0 Å². The summed E-state index contributed by atoms with van der Waals surface area (Å²) in [5.74, 6) is 1.77. The van der Waals surface area contributed by atoms with Gasteiger partial charge in [0.1, 0.15) is 0 Å². The van der Waals surface area contributed by atoms with Gasteiger partial charge in [-0.25, -0.2) is 0 Å². The normalized spacial score (nSPS) is 36.2. The molecule has 0 aromatic carbocycles. The fourth-order valence-corrected chi connectivity index (χ4v) is 2.74. The summed E-state index contributed by atoms with van der Waals surface area (Å²) in [7, 11) is 2.11. The number of nitrogens with one attached hydrogen (secondary N) is 1. The molecule has 1 aliphatic carbocycles. The van der Waals surface area contributed by atoms with E-state index in [2.05, 4.69) is 40.1 Å². The maximum atomic E-state index is 3.49. The summed E-state index contributed by atoms with van der Waals surface area (Å²) in [5, 5.41) is 3.49. The average molecular weight is 183 g/mol. The minimum atomic E-state index is 0.466. The van der Waals surface area contributed by atoms with Crippen LogP contribution in [0.3, 0.4) is 0 Å². The first-order chi connectivity index (χ1) is 5.95. The second-order valence-electron chi connectivity index (χ2n) is 5.79. The summed E-state index contributed by atoms with van der Waals surface area (Å²) in [6.07, 6.45) is 4.18. The largest absolute Gasteiger partial charge is 0.317 e. The fraction of sp³-hybridized carbons (Fsp3) is 1.00. The molecule has 3 atom stereocenters. The SMILES string of the molecule is CNC1CC(C)CCC1C(C)(C)C. The van der Waals surface area contributed by atoms with Gasteiger partial charge in [-0.05, 0) is 37.1 Å². The fourth-order valence-electron chi connectivity index (χ4n) is 2.74. The van der Waals surface area contributed by atoms with Crippen molar-refractivity contribution in [2.45, 2.75) is 53.0 Å². The molecule has 1 heteroatoms. The van der Waals surface area contributed by atoms with Gasteiger partial charge in [-0.2, -0.15) is 0 Å². The smallest absolute Gasteiger partial charge is 0.00998 e. The second kappa shape index (κ2) is 4.00. The Kier molecular flexibility index (Phi) is 3.39. The molecule has 0 radical (unpaired) electrons. The lowest BCUT2D eigenvalue weighted by Crippen LogP contribution is -2.44. The van der Waals surface area contributed by atoms with Crippen molar-refractivity contribution >= 4 is 0 Å². The molecule has 1 saturated carbocycles. The van der Waals surface area contributed by atoms with Gasteiger partial charge in [0.25, 0.3) is 0 Å². The quantitative estimate of drug-likeness (QED) is 0.659. The van der Waals surface area contributed by atoms with E-state index in [0.29, 0.717) is 5.41 Å². The van der Waals surface area contributed by atoms with Gasteiger partial charge in [0.2, 0.25) is 0 Å². The second-order valence-corrected chi connectivity index (χ2v) is 5.79. The van der Waals surface area contributed by atoms with Gasteiger partial charge in [0, 0.05) is 6.04 Å². The first kappa shape index (κ1) is 11.0. The highest BCUT2D eigenvalue weighted by molar-refractivity contribution is 4.89. The maximum Gasteiger partial charge on any atom is 0.00998 e. The Morgan fingerprint density at radius 3 is 2.23 bits per heavy atom. The average Bonchev–Trinajstić information content (AvgIpc) is 2.01. The Morgan fingerprint density at radius 1 is 1.15 bits per heavy atom. The van der Waals surface area contributed by atoms with Crippen molar-refractivity contribution in [1.82, 2.24) is 5.32 Å². The van der Waals surface area contributed by atoms with E-state index in [1.807, 2.05) is 0 Å². The molecule has 1 nitrogen and oxygen atoms in total. The van der Waals surface area contributed by atoms with Crippen molar-refractivity contribution < 1.29 is 0 Å². The molecule has 1 fully saturated rings. The minimum absolute atomic E-state index is 0.466. The third kappa shape index (κ3) is 2.70. The minimum Gasteiger partial charge on any atom is -0.317 e. The molecule has 1 N–H and O–H groups in total. The van der Waals surface area contributed by atoms with Crippen LogP contribution >= 0.6 is 0 Å². The molecular weight excluding hydrogens is 158 g/mol. The summed E-state index contributed by atoms with van der Waals surface area (Å²) < 4.78 is 0. The lowest BCUT2D eigenvalue weighted by atomic mass is 9.67. The molecule has 0 aromatic rings. The summed E-state index contributed by atoms with van der Waals surface area (Å²) in [5.41, 5.74) is 0.466. The van der Waals surface area contributed by atoms with Crippen molar-refractivity contribution in [2.75, 3.05) is 7.05 Å². The third-order valence-electron chi connectivity index (χ3n) is 3.60. The highest BCUT2D eigenvalue weighted by Crippen LogP contribution is 2.39. The molecule has 0 saturated heterocycles. The van der Waals surface area contributed by atoms with Gasteiger partial charge in [-0.3, -0.25) is 0 Å². The summed E-state index contributed by atoms with van der Waals surface area (Å²) >= 11 is 0. The Bertz CT molecular complexity index is 157. The van der Waals surface area contributed by atoms with Crippen LogP contribution in [-0.4, -0.2) is 13.1 Å². The van der Waals surface area contributed by atoms with E-state index in [1.54, 1.807) is 0 Å². The topological polar surface area (TPSA) is 12.0 Å². The molecule has 0 bridgehead atoms. The van der Waals surface area contributed by atoms with Crippen LogP contribution in [0.5, 0.6) is 0 Å². The van der Waals surface area contributed by atoms with Crippen LogP contribution in [0.25, 0.3) is 0 Å². The molecule has 0 spiro atoms. The van der Waals surface area contributed by atoms with Crippen LogP contribution in [0.4, 0.5) is 0 Å². The van der Waals surface area contributed by atoms with Crippen molar-refractivity contribution in [1.29, 1.82) is 0 Å². The Labute approximate surface area is 83.3 Å². The highest BCUT2D eigenvalue weighted by atomic mass is 14.9. The first-order valence-electron chi connectivity index (χ1n) is 5.62. The molecule has 78 valence electrons. The van der Waals surface area contributed by atoms with E-state index in [0.717, 1.165) is 17.9 Å². The van der Waals surface area contributed by atoms with E-state index in [-0.39, 0.29) is 0 Å². The van der Waals surface area contributed by atoms with Gasteiger partial charge < -0.3 is 5.32 Å². The zero-order chi connectivity index (χ0) is 10.1. The molecule has 1 rings (SSSR count). The Balaban J connectivity index is 2.63. The predicted octanol–water partition coefficient (Wildman–Crippen LogP) is 3.06. The summed E-state index contributed by atoms with van der Waals surface area (Å²) in [6, 6.07) is 0.740. The van der Waals surface area contributed by atoms with Crippen LogP contribution in [0.15, 0.2) is 0 Å². The molecule has 3 unspecified atom stereocenters. The summed E-state index contributed by atoms with van der Waals surface area (Å²) in [4.78, 5) is 0. The molecule has 0 amide bonds. The molecule has 13 heavy (non-hydrogen) atoms. The lowest BCUT2D eigenvalue weighted by molar-refractivity contribution is 0.113. The highest BCUT2D eigenvalue weighted by Gasteiger charge is 2.35. The van der Waals surface area contributed by atoms with E-state index >= 15 is 0 Å². The van der Waals surface area contributed by atoms with Gasteiger partial charge >= 0.3 is 0 Å². The molecule has 0 aromatic heterocycles. The standard InChI is InChI=1S/C12H25N/c1-9-6-7-10(12(2,3)4)11(8-9)13-5/h9-11,13H,6-8H2,1-5H3. The third-order valence-corrected chi connectivity index (χ3v) is 3.60. The van der Waals surface area contributed by atoms with Crippen LogP contribution < -0.4 is 5.32 Å². The van der Waals surface area contributed by atoms with Crippen molar-refractivity contribution in [2.24, 2.45) is 17.3 Å². The number of rotatable bonds is 1. The van der Waals surface area contributed by atoms with Crippen LogP contribution in [-0.2, 0) is 0 Å². The van der Waals surface area contributed by atoms with Gasteiger partial charge in [-0.1, -0.05) is 34.1 Å². The van der Waals surface area contributed by atoms with E-state index in [1.165, 1.54) is 19.3 Å². The van der Waals surface area contributed by atoms with E-state index < -0.39 is 0 Å². The van der Waals surface area contributed by atoms with Crippen molar-refractivity contribution in [3.8, 4) is 0 Å². The van der Waals surface area contributed by atoms with Crippen molar-refractivity contribution in [3.63, 3.8) is 0 Å². The van der Waals surface area contributed by atoms with E-state index in [9.17, 15) is 0 Å². The monoisotopic (exact) mass is 183 g/mol. The molecule has 1 aliphatic rings. The van der Waals surface area contributed by atoms with Crippen LogP contribution in [0.2, 0.25) is 0 Å². The van der Waals surface area contributed by atoms with Crippen LogP contribution in [0.1, 0.15) is 47.0 Å². The van der Waals surface area contributed by atoms with Crippen molar-refractivity contribution in [3.05, 3.63) is 0 Å². The number of hydrogen-bond acceptors (Lipinski definition) is 1. The molecular formula is C12H25N.